The van der Waals surface area contributed by atoms with Crippen molar-refractivity contribution in [3.8, 4) is 0 Å². The van der Waals surface area contributed by atoms with Gasteiger partial charge in [-0.3, -0.25) is 14.6 Å². The predicted octanol–water partition coefficient (Wildman–Crippen LogP) is 3.48. The Bertz CT molecular complexity index is 883. The second-order valence-electron chi connectivity index (χ2n) is 5.67. The zero-order valence-corrected chi connectivity index (χ0v) is 15.4. The first-order valence-corrected chi connectivity index (χ1v) is 9.55. The van der Waals surface area contributed by atoms with E-state index in [0.717, 1.165) is 5.69 Å². The molecular formula is C20H19N3O3S. The number of pyridine rings is 1. The number of carbonyl (C=O) groups is 2. The molecule has 1 aromatic carbocycles. The van der Waals surface area contributed by atoms with Crippen LogP contribution in [0.5, 0.6) is 0 Å². The van der Waals surface area contributed by atoms with Crippen molar-refractivity contribution in [3.63, 3.8) is 0 Å². The van der Waals surface area contributed by atoms with Gasteiger partial charge in [0.15, 0.2) is 0 Å². The SMILES string of the molecule is O=C(CSCc1ccccn1)Nc1ccccc1C(=O)NCc1ccco1. The van der Waals surface area contributed by atoms with Gasteiger partial charge in [-0.25, -0.2) is 0 Å². The van der Waals surface area contributed by atoms with Crippen LogP contribution in [0, 0.1) is 0 Å². The van der Waals surface area contributed by atoms with Gasteiger partial charge in [-0.05, 0) is 36.4 Å². The van der Waals surface area contributed by atoms with Crippen molar-refractivity contribution in [2.75, 3.05) is 11.1 Å². The number of thioether (sulfide) groups is 1. The topological polar surface area (TPSA) is 84.2 Å². The van der Waals surface area contributed by atoms with E-state index in [2.05, 4.69) is 15.6 Å². The fraction of sp³-hybridized carbons (Fsp3) is 0.150. The summed E-state index contributed by atoms with van der Waals surface area (Å²) >= 11 is 1.47. The molecular weight excluding hydrogens is 362 g/mol. The molecule has 0 radical (unpaired) electrons. The quantitative estimate of drug-likeness (QED) is 0.624. The van der Waals surface area contributed by atoms with Gasteiger partial charge in [0.1, 0.15) is 5.76 Å². The Hall–Kier alpha value is -3.06. The maximum atomic E-state index is 12.4. The first kappa shape index (κ1) is 18.7. The minimum Gasteiger partial charge on any atom is -0.467 e. The van der Waals surface area contributed by atoms with E-state index in [1.165, 1.54) is 11.8 Å². The Morgan fingerprint density at radius 3 is 2.67 bits per heavy atom. The lowest BCUT2D eigenvalue weighted by molar-refractivity contribution is -0.113. The number of hydrogen-bond acceptors (Lipinski definition) is 5. The van der Waals surface area contributed by atoms with Crippen LogP contribution < -0.4 is 10.6 Å². The molecule has 2 aromatic heterocycles. The third-order valence-corrected chi connectivity index (χ3v) is 4.62. The highest BCUT2D eigenvalue weighted by atomic mass is 32.2. The molecule has 3 aromatic rings. The molecule has 0 unspecified atom stereocenters. The second-order valence-corrected chi connectivity index (χ2v) is 6.66. The molecule has 0 aliphatic carbocycles. The Kier molecular flexibility index (Phi) is 6.65. The maximum Gasteiger partial charge on any atom is 0.253 e. The molecule has 0 fully saturated rings. The molecule has 0 aliphatic rings. The maximum absolute atomic E-state index is 12.4. The zero-order chi connectivity index (χ0) is 18.9. The summed E-state index contributed by atoms with van der Waals surface area (Å²) in [5, 5.41) is 5.59. The average Bonchev–Trinajstić information content (AvgIpc) is 3.21. The van der Waals surface area contributed by atoms with Gasteiger partial charge in [-0.15, -0.1) is 11.8 Å². The van der Waals surface area contributed by atoms with Crippen molar-refractivity contribution in [2.45, 2.75) is 12.3 Å². The van der Waals surface area contributed by atoms with Gasteiger partial charge in [0.25, 0.3) is 5.91 Å². The third-order valence-electron chi connectivity index (χ3n) is 3.66. The molecule has 6 nitrogen and oxygen atoms in total. The number of amides is 2. The number of para-hydroxylation sites is 1. The van der Waals surface area contributed by atoms with Crippen LogP contribution in [0.15, 0.2) is 71.5 Å². The number of nitrogens with zero attached hydrogens (tertiary/aromatic N) is 1. The van der Waals surface area contributed by atoms with Crippen molar-refractivity contribution >= 4 is 29.3 Å². The van der Waals surface area contributed by atoms with E-state index in [9.17, 15) is 9.59 Å². The number of hydrogen-bond donors (Lipinski definition) is 2. The summed E-state index contributed by atoms with van der Waals surface area (Å²) in [5.41, 5.74) is 1.82. The largest absolute Gasteiger partial charge is 0.467 e. The van der Waals surface area contributed by atoms with Crippen LogP contribution in [-0.2, 0) is 17.1 Å². The molecule has 0 atom stereocenters. The van der Waals surface area contributed by atoms with Gasteiger partial charge in [-0.2, -0.15) is 0 Å². The van der Waals surface area contributed by atoms with Crippen molar-refractivity contribution < 1.29 is 14.0 Å². The van der Waals surface area contributed by atoms with Gasteiger partial charge >= 0.3 is 0 Å². The molecule has 3 rings (SSSR count). The van der Waals surface area contributed by atoms with Crippen LogP contribution >= 0.6 is 11.8 Å². The van der Waals surface area contributed by atoms with Crippen LogP contribution in [0.25, 0.3) is 0 Å². The minimum atomic E-state index is -0.275. The third kappa shape index (κ3) is 5.72. The molecule has 0 saturated heterocycles. The number of furan rings is 1. The van der Waals surface area contributed by atoms with E-state index in [-0.39, 0.29) is 24.1 Å². The van der Waals surface area contributed by atoms with Crippen molar-refractivity contribution in [2.24, 2.45) is 0 Å². The van der Waals surface area contributed by atoms with Gasteiger partial charge < -0.3 is 15.1 Å². The van der Waals surface area contributed by atoms with Gasteiger partial charge in [0, 0.05) is 11.9 Å². The lowest BCUT2D eigenvalue weighted by atomic mass is 10.1. The van der Waals surface area contributed by atoms with E-state index >= 15 is 0 Å². The van der Waals surface area contributed by atoms with Crippen LogP contribution in [0.2, 0.25) is 0 Å². The smallest absolute Gasteiger partial charge is 0.253 e. The van der Waals surface area contributed by atoms with E-state index in [4.69, 9.17) is 4.42 Å². The minimum absolute atomic E-state index is 0.165. The highest BCUT2D eigenvalue weighted by Gasteiger charge is 2.13. The highest BCUT2D eigenvalue weighted by molar-refractivity contribution is 7.99. The van der Waals surface area contributed by atoms with Crippen LogP contribution in [0.1, 0.15) is 21.8 Å². The Labute approximate surface area is 161 Å². The Morgan fingerprint density at radius 1 is 1.04 bits per heavy atom. The van der Waals surface area contributed by atoms with Gasteiger partial charge in [0.05, 0.1) is 35.5 Å². The fourth-order valence-electron chi connectivity index (χ4n) is 2.38. The first-order chi connectivity index (χ1) is 13.2. The van der Waals surface area contributed by atoms with Gasteiger partial charge in [-0.1, -0.05) is 18.2 Å². The average molecular weight is 381 g/mol. The molecule has 2 heterocycles. The number of rotatable bonds is 8. The lowest BCUT2D eigenvalue weighted by Gasteiger charge is -2.11. The van der Waals surface area contributed by atoms with E-state index in [0.29, 0.717) is 22.8 Å². The summed E-state index contributed by atoms with van der Waals surface area (Å²) in [6.45, 7) is 0.286. The predicted molar refractivity (Wildman–Crippen MR) is 105 cm³/mol. The second kappa shape index (κ2) is 9.59. The van der Waals surface area contributed by atoms with Crippen LogP contribution in [0.3, 0.4) is 0 Å². The van der Waals surface area contributed by atoms with Crippen LogP contribution in [0.4, 0.5) is 5.69 Å². The standard InChI is InChI=1S/C20H19N3O3S/c24-19(14-27-13-15-6-3-4-10-21-15)23-18-9-2-1-8-17(18)20(25)22-12-16-7-5-11-26-16/h1-11H,12-14H2,(H,22,25)(H,23,24). The summed E-state index contributed by atoms with van der Waals surface area (Å²) in [4.78, 5) is 28.9. The molecule has 27 heavy (non-hydrogen) atoms. The molecule has 0 saturated carbocycles. The number of nitrogens with one attached hydrogen (secondary N) is 2. The summed E-state index contributed by atoms with van der Waals surface area (Å²) in [6.07, 6.45) is 3.28. The summed E-state index contributed by atoms with van der Waals surface area (Å²) in [6, 6.07) is 16.2. The summed E-state index contributed by atoms with van der Waals surface area (Å²) in [5.74, 6) is 1.15. The number of benzene rings is 1. The molecule has 0 spiro atoms. The fourth-order valence-corrected chi connectivity index (χ4v) is 3.12. The Balaban J connectivity index is 1.53. The molecule has 2 N–H and O–H groups in total. The molecule has 0 aliphatic heterocycles. The highest BCUT2D eigenvalue weighted by Crippen LogP contribution is 2.17. The lowest BCUT2D eigenvalue weighted by Crippen LogP contribution is -2.25. The van der Waals surface area contributed by atoms with E-state index in [1.54, 1.807) is 48.9 Å². The first-order valence-electron chi connectivity index (χ1n) is 8.39. The van der Waals surface area contributed by atoms with Gasteiger partial charge in [0.2, 0.25) is 5.91 Å². The van der Waals surface area contributed by atoms with Crippen LogP contribution in [-0.4, -0.2) is 22.6 Å². The summed E-state index contributed by atoms with van der Waals surface area (Å²) in [7, 11) is 0. The molecule has 2 amide bonds. The van der Waals surface area contributed by atoms with Crippen molar-refractivity contribution in [1.82, 2.24) is 10.3 Å². The monoisotopic (exact) mass is 381 g/mol. The Morgan fingerprint density at radius 2 is 1.89 bits per heavy atom. The molecule has 0 bridgehead atoms. The number of anilines is 1. The molecule has 7 heteroatoms. The van der Waals surface area contributed by atoms with E-state index < -0.39 is 0 Å². The normalized spacial score (nSPS) is 10.4. The number of aromatic nitrogens is 1. The zero-order valence-electron chi connectivity index (χ0n) is 14.6. The number of carbonyl (C=O) groups excluding carboxylic acids is 2. The van der Waals surface area contributed by atoms with E-state index in [1.807, 2.05) is 18.2 Å². The molecule has 138 valence electrons. The van der Waals surface area contributed by atoms with Crippen molar-refractivity contribution in [1.29, 1.82) is 0 Å². The summed E-state index contributed by atoms with van der Waals surface area (Å²) < 4.78 is 5.20. The van der Waals surface area contributed by atoms with Crippen molar-refractivity contribution in [3.05, 3.63) is 84.1 Å².